The van der Waals surface area contributed by atoms with Crippen molar-refractivity contribution in [1.29, 1.82) is 0 Å². The molecule has 6 heteroatoms. The molecule has 1 aliphatic heterocycles. The van der Waals surface area contributed by atoms with Crippen molar-refractivity contribution in [3.8, 4) is 11.1 Å². The number of rotatable bonds is 2. The predicted octanol–water partition coefficient (Wildman–Crippen LogP) is 3.70. The first-order valence-electron chi connectivity index (χ1n) is 6.98. The Morgan fingerprint density at radius 2 is 2.14 bits per heavy atom. The summed E-state index contributed by atoms with van der Waals surface area (Å²) in [5.41, 5.74) is 1.20. The molecule has 1 aromatic carbocycles. The van der Waals surface area contributed by atoms with Crippen molar-refractivity contribution < 1.29 is 14.3 Å². The summed E-state index contributed by atoms with van der Waals surface area (Å²) < 4.78 is 14.5. The lowest BCUT2D eigenvalue weighted by Gasteiger charge is -2.13. The Hall–Kier alpha value is -2.14. The average molecular weight is 319 g/mol. The van der Waals surface area contributed by atoms with Gasteiger partial charge in [0.25, 0.3) is 0 Å². The molecule has 0 bridgehead atoms. The van der Waals surface area contributed by atoms with Crippen LogP contribution >= 0.6 is 11.6 Å². The molecular weight excluding hydrogens is 307 g/mol. The van der Waals surface area contributed by atoms with E-state index in [1.807, 2.05) is 0 Å². The molecule has 1 spiro atoms. The van der Waals surface area contributed by atoms with Crippen LogP contribution in [0.4, 0.5) is 10.2 Å². The van der Waals surface area contributed by atoms with Crippen molar-refractivity contribution in [2.75, 3.05) is 11.9 Å². The lowest BCUT2D eigenvalue weighted by Crippen LogP contribution is -2.09. The fourth-order valence-corrected chi connectivity index (χ4v) is 3.56. The fraction of sp³-hybridized carbons (Fsp3) is 0.250. The van der Waals surface area contributed by atoms with Crippen molar-refractivity contribution in [2.45, 2.75) is 18.3 Å². The van der Waals surface area contributed by atoms with Crippen LogP contribution < -0.4 is 5.32 Å². The standard InChI is InChI=1S/C16H12ClFN2O2/c17-12-10(8-2-1-3-9(13(8)18)15(21)22)6-19-14-11(12)16(4-5-16)7-20-14/h1-3,6H,4-5,7H2,(H,19,20)(H,21,22). The summed E-state index contributed by atoms with van der Waals surface area (Å²) in [5, 5.41) is 12.8. The molecule has 2 aliphatic rings. The van der Waals surface area contributed by atoms with E-state index < -0.39 is 11.8 Å². The molecule has 0 radical (unpaired) electrons. The van der Waals surface area contributed by atoms with E-state index in [4.69, 9.17) is 16.7 Å². The van der Waals surface area contributed by atoms with Crippen LogP contribution in [0.15, 0.2) is 24.4 Å². The lowest BCUT2D eigenvalue weighted by atomic mass is 9.95. The third-order valence-corrected chi connectivity index (χ3v) is 4.91. The molecule has 2 N–H and O–H groups in total. The van der Waals surface area contributed by atoms with E-state index in [1.54, 1.807) is 0 Å². The van der Waals surface area contributed by atoms with Gasteiger partial charge in [0.1, 0.15) is 11.6 Å². The van der Waals surface area contributed by atoms with Gasteiger partial charge in [-0.05, 0) is 18.9 Å². The Morgan fingerprint density at radius 3 is 2.82 bits per heavy atom. The summed E-state index contributed by atoms with van der Waals surface area (Å²) >= 11 is 6.52. The van der Waals surface area contributed by atoms with Gasteiger partial charge in [0.05, 0.1) is 10.6 Å². The number of nitrogens with zero attached hydrogens (tertiary/aromatic N) is 1. The first-order chi connectivity index (χ1) is 10.5. The number of hydrogen-bond acceptors (Lipinski definition) is 3. The summed E-state index contributed by atoms with van der Waals surface area (Å²) in [6.07, 6.45) is 3.57. The average Bonchev–Trinajstić information content (AvgIpc) is 3.16. The summed E-state index contributed by atoms with van der Waals surface area (Å²) in [4.78, 5) is 15.4. The number of nitrogens with one attached hydrogen (secondary N) is 1. The minimum atomic E-state index is -1.30. The van der Waals surface area contributed by atoms with E-state index in [-0.39, 0.29) is 16.5 Å². The van der Waals surface area contributed by atoms with Gasteiger partial charge in [-0.1, -0.05) is 23.7 Å². The first kappa shape index (κ1) is 13.5. The van der Waals surface area contributed by atoms with Crippen LogP contribution in [-0.2, 0) is 5.41 Å². The predicted molar refractivity (Wildman–Crippen MR) is 81.0 cm³/mol. The highest BCUT2D eigenvalue weighted by atomic mass is 35.5. The number of carboxylic acids is 1. The normalized spacial score (nSPS) is 17.2. The number of carboxylic acid groups (broad SMARTS) is 1. The SMILES string of the molecule is O=C(O)c1cccc(-c2cnc3c(c2Cl)C2(CC2)CN3)c1F. The molecule has 0 atom stereocenters. The molecule has 1 aromatic heterocycles. The Morgan fingerprint density at radius 1 is 1.36 bits per heavy atom. The molecule has 1 saturated carbocycles. The van der Waals surface area contributed by atoms with Crippen LogP contribution in [0.25, 0.3) is 11.1 Å². The Bertz CT molecular complexity index is 818. The van der Waals surface area contributed by atoms with Crippen molar-refractivity contribution >= 4 is 23.4 Å². The van der Waals surface area contributed by atoms with Gasteiger partial charge in [-0.15, -0.1) is 0 Å². The maximum absolute atomic E-state index is 14.5. The zero-order valence-electron chi connectivity index (χ0n) is 11.5. The summed E-state index contributed by atoms with van der Waals surface area (Å²) in [5.74, 6) is -1.33. The number of carbonyl (C=O) groups is 1. The van der Waals surface area contributed by atoms with Gasteiger partial charge in [-0.25, -0.2) is 14.2 Å². The zero-order valence-corrected chi connectivity index (χ0v) is 12.2. The van der Waals surface area contributed by atoms with E-state index in [0.29, 0.717) is 10.6 Å². The molecule has 22 heavy (non-hydrogen) atoms. The Labute approximate surface area is 130 Å². The lowest BCUT2D eigenvalue weighted by molar-refractivity contribution is 0.0692. The number of aromatic carboxylic acids is 1. The number of anilines is 1. The van der Waals surface area contributed by atoms with Crippen LogP contribution in [0.5, 0.6) is 0 Å². The molecular formula is C16H12ClFN2O2. The van der Waals surface area contributed by atoms with E-state index >= 15 is 0 Å². The molecule has 2 heterocycles. The second-order valence-corrected chi connectivity index (χ2v) is 6.19. The van der Waals surface area contributed by atoms with Gasteiger partial charge in [0.2, 0.25) is 0 Å². The van der Waals surface area contributed by atoms with E-state index in [2.05, 4.69) is 10.3 Å². The third kappa shape index (κ3) is 1.75. The second-order valence-electron chi connectivity index (χ2n) is 5.82. The smallest absolute Gasteiger partial charge is 0.338 e. The van der Waals surface area contributed by atoms with Crippen molar-refractivity contribution in [2.24, 2.45) is 0 Å². The van der Waals surface area contributed by atoms with Crippen molar-refractivity contribution in [3.63, 3.8) is 0 Å². The van der Waals surface area contributed by atoms with Gasteiger partial charge >= 0.3 is 5.97 Å². The maximum atomic E-state index is 14.5. The van der Waals surface area contributed by atoms with E-state index in [0.717, 1.165) is 30.8 Å². The van der Waals surface area contributed by atoms with Gasteiger partial charge in [0, 0.05) is 34.8 Å². The van der Waals surface area contributed by atoms with Crippen LogP contribution in [0.3, 0.4) is 0 Å². The minimum Gasteiger partial charge on any atom is -0.478 e. The van der Waals surface area contributed by atoms with Crippen molar-refractivity contribution in [1.82, 2.24) is 4.98 Å². The molecule has 4 rings (SSSR count). The molecule has 0 saturated heterocycles. The fourth-order valence-electron chi connectivity index (χ4n) is 3.12. The largest absolute Gasteiger partial charge is 0.478 e. The van der Waals surface area contributed by atoms with Crippen LogP contribution in [0.1, 0.15) is 28.8 Å². The number of aromatic nitrogens is 1. The number of halogens is 2. The topological polar surface area (TPSA) is 62.2 Å². The molecule has 0 amide bonds. The molecule has 1 aliphatic carbocycles. The van der Waals surface area contributed by atoms with Crippen LogP contribution in [0.2, 0.25) is 5.02 Å². The van der Waals surface area contributed by atoms with E-state index in [9.17, 15) is 9.18 Å². The van der Waals surface area contributed by atoms with Crippen LogP contribution in [0, 0.1) is 5.82 Å². The first-order valence-corrected chi connectivity index (χ1v) is 7.36. The maximum Gasteiger partial charge on any atom is 0.338 e. The second kappa shape index (κ2) is 4.43. The minimum absolute atomic E-state index is 0.0241. The van der Waals surface area contributed by atoms with E-state index in [1.165, 1.54) is 24.4 Å². The Kier molecular flexibility index (Phi) is 2.72. The van der Waals surface area contributed by atoms with Gasteiger partial charge < -0.3 is 10.4 Å². The molecule has 112 valence electrons. The molecule has 1 fully saturated rings. The van der Waals surface area contributed by atoms with Crippen LogP contribution in [-0.4, -0.2) is 22.6 Å². The highest BCUT2D eigenvalue weighted by Crippen LogP contribution is 2.57. The summed E-state index contributed by atoms with van der Waals surface area (Å²) in [7, 11) is 0. The summed E-state index contributed by atoms with van der Waals surface area (Å²) in [6, 6.07) is 4.27. The molecule has 4 nitrogen and oxygen atoms in total. The molecule has 0 unspecified atom stereocenters. The number of pyridine rings is 1. The van der Waals surface area contributed by atoms with Gasteiger partial charge in [0.15, 0.2) is 0 Å². The quantitative estimate of drug-likeness (QED) is 0.886. The Balaban J connectivity index is 1.92. The molecule has 2 aromatic rings. The number of fused-ring (bicyclic) bond motifs is 2. The summed E-state index contributed by atoms with van der Waals surface area (Å²) in [6.45, 7) is 0.802. The number of hydrogen-bond donors (Lipinski definition) is 2. The highest BCUT2D eigenvalue weighted by Gasteiger charge is 2.51. The third-order valence-electron chi connectivity index (χ3n) is 4.51. The zero-order chi connectivity index (χ0) is 15.5. The van der Waals surface area contributed by atoms with Gasteiger partial charge in [-0.2, -0.15) is 0 Å². The highest BCUT2D eigenvalue weighted by molar-refractivity contribution is 6.34. The van der Waals surface area contributed by atoms with Crippen molar-refractivity contribution in [3.05, 3.63) is 46.4 Å². The number of benzene rings is 1. The monoisotopic (exact) mass is 318 g/mol. The van der Waals surface area contributed by atoms with Gasteiger partial charge in [-0.3, -0.25) is 0 Å².